The van der Waals surface area contributed by atoms with Crippen molar-refractivity contribution in [2.24, 2.45) is 0 Å². The lowest BCUT2D eigenvalue weighted by Gasteiger charge is -2.10. The van der Waals surface area contributed by atoms with E-state index >= 15 is 0 Å². The van der Waals surface area contributed by atoms with E-state index in [0.717, 1.165) is 0 Å². The fourth-order valence-electron chi connectivity index (χ4n) is 1.52. The van der Waals surface area contributed by atoms with Crippen LogP contribution in [0.5, 0.6) is 5.75 Å². The summed E-state index contributed by atoms with van der Waals surface area (Å²) in [6.07, 6.45) is 0. The smallest absolute Gasteiger partial charge is 0.138 e. The van der Waals surface area contributed by atoms with Crippen LogP contribution in [0, 0.1) is 5.82 Å². The number of benzene rings is 2. The molecule has 0 N–H and O–H groups in total. The number of carbonyl (C=O) groups is 1. The van der Waals surface area contributed by atoms with Crippen molar-refractivity contribution >= 4 is 17.6 Å². The Hall–Kier alpha value is -2.07. The molecule has 0 aliphatic carbocycles. The van der Waals surface area contributed by atoms with Crippen LogP contribution >= 0.6 is 11.6 Å². The standard InChI is InChI=1S/C14H10ClFO3/c15-11-7-9(14(17)18)5-6-13(11)19-8-10-3-1-2-4-12(10)16/h1-7H,8H2,(H,17,18)/p-1. The second kappa shape index (κ2) is 5.71. The Morgan fingerprint density at radius 1 is 1.26 bits per heavy atom. The molecule has 0 heterocycles. The number of halogens is 2. The lowest BCUT2D eigenvalue weighted by molar-refractivity contribution is -0.255. The van der Waals surface area contributed by atoms with Crippen LogP contribution in [0.4, 0.5) is 4.39 Å². The van der Waals surface area contributed by atoms with Gasteiger partial charge in [-0.2, -0.15) is 0 Å². The van der Waals surface area contributed by atoms with Crippen LogP contribution < -0.4 is 9.84 Å². The molecule has 3 nitrogen and oxygen atoms in total. The Bertz CT molecular complexity index is 613. The Balaban J connectivity index is 2.12. The third kappa shape index (κ3) is 3.23. The summed E-state index contributed by atoms with van der Waals surface area (Å²) >= 11 is 5.87. The van der Waals surface area contributed by atoms with Crippen molar-refractivity contribution in [2.45, 2.75) is 6.61 Å². The second-order valence-electron chi connectivity index (χ2n) is 3.81. The molecular formula is C14H9ClFO3-. The summed E-state index contributed by atoms with van der Waals surface area (Å²) in [5, 5.41) is 10.8. The van der Waals surface area contributed by atoms with Crippen molar-refractivity contribution < 1.29 is 19.0 Å². The predicted molar refractivity (Wildman–Crippen MR) is 66.5 cm³/mol. The summed E-state index contributed by atoms with van der Waals surface area (Å²) in [4.78, 5) is 10.6. The van der Waals surface area contributed by atoms with Crippen LogP contribution in [-0.4, -0.2) is 5.97 Å². The molecule has 0 saturated heterocycles. The molecule has 0 fully saturated rings. The zero-order chi connectivity index (χ0) is 13.8. The molecule has 2 rings (SSSR count). The second-order valence-corrected chi connectivity index (χ2v) is 4.22. The molecule has 0 atom stereocenters. The summed E-state index contributed by atoms with van der Waals surface area (Å²) in [6, 6.07) is 10.2. The lowest BCUT2D eigenvalue weighted by Crippen LogP contribution is -2.22. The first-order chi connectivity index (χ1) is 9.08. The van der Waals surface area contributed by atoms with E-state index in [1.165, 1.54) is 24.3 Å². The van der Waals surface area contributed by atoms with Crippen LogP contribution in [0.2, 0.25) is 5.02 Å². The summed E-state index contributed by atoms with van der Waals surface area (Å²) < 4.78 is 18.7. The zero-order valence-corrected chi connectivity index (χ0v) is 10.5. The minimum absolute atomic E-state index is 0.0110. The summed E-state index contributed by atoms with van der Waals surface area (Å²) in [5.74, 6) is -1.40. The highest BCUT2D eigenvalue weighted by Crippen LogP contribution is 2.26. The van der Waals surface area contributed by atoms with Gasteiger partial charge in [-0.15, -0.1) is 0 Å². The molecule has 0 amide bonds. The highest BCUT2D eigenvalue weighted by Gasteiger charge is 2.06. The van der Waals surface area contributed by atoms with Gasteiger partial charge in [0.25, 0.3) is 0 Å². The van der Waals surface area contributed by atoms with Crippen molar-refractivity contribution in [1.29, 1.82) is 0 Å². The topological polar surface area (TPSA) is 49.4 Å². The Kier molecular flexibility index (Phi) is 4.02. The fourth-order valence-corrected chi connectivity index (χ4v) is 1.75. The van der Waals surface area contributed by atoms with E-state index in [-0.39, 0.29) is 28.8 Å². The van der Waals surface area contributed by atoms with Gasteiger partial charge in [0.1, 0.15) is 18.2 Å². The Morgan fingerprint density at radius 3 is 2.63 bits per heavy atom. The minimum atomic E-state index is -1.32. The molecule has 2 aromatic carbocycles. The highest BCUT2D eigenvalue weighted by molar-refractivity contribution is 6.32. The Labute approximate surface area is 114 Å². The number of hydrogen-bond donors (Lipinski definition) is 0. The normalized spacial score (nSPS) is 10.2. The van der Waals surface area contributed by atoms with Gasteiger partial charge in [0.05, 0.1) is 11.0 Å². The largest absolute Gasteiger partial charge is 0.545 e. The molecule has 0 unspecified atom stereocenters. The zero-order valence-electron chi connectivity index (χ0n) is 9.73. The lowest BCUT2D eigenvalue weighted by atomic mass is 10.2. The first-order valence-corrected chi connectivity index (χ1v) is 5.83. The SMILES string of the molecule is O=C([O-])c1ccc(OCc2ccccc2F)c(Cl)c1. The predicted octanol–water partition coefficient (Wildman–Crippen LogP) is 2.42. The minimum Gasteiger partial charge on any atom is -0.545 e. The average molecular weight is 280 g/mol. The molecule has 19 heavy (non-hydrogen) atoms. The highest BCUT2D eigenvalue weighted by atomic mass is 35.5. The maximum atomic E-state index is 13.4. The van der Waals surface area contributed by atoms with Gasteiger partial charge < -0.3 is 14.6 Å². The van der Waals surface area contributed by atoms with Gasteiger partial charge in [0.15, 0.2) is 0 Å². The summed E-state index contributed by atoms with van der Waals surface area (Å²) in [5.41, 5.74) is 0.353. The fraction of sp³-hybridized carbons (Fsp3) is 0.0714. The molecular weight excluding hydrogens is 271 g/mol. The van der Waals surface area contributed by atoms with Crippen LogP contribution in [-0.2, 0) is 6.61 Å². The number of rotatable bonds is 4. The first-order valence-electron chi connectivity index (χ1n) is 5.45. The van der Waals surface area contributed by atoms with Crippen molar-refractivity contribution in [3.8, 4) is 5.75 Å². The third-order valence-corrected chi connectivity index (χ3v) is 2.80. The molecule has 98 valence electrons. The summed E-state index contributed by atoms with van der Waals surface area (Å²) in [7, 11) is 0. The molecule has 0 radical (unpaired) electrons. The Morgan fingerprint density at radius 2 is 2.00 bits per heavy atom. The number of hydrogen-bond acceptors (Lipinski definition) is 3. The van der Waals surface area contributed by atoms with Gasteiger partial charge in [-0.1, -0.05) is 29.8 Å². The van der Waals surface area contributed by atoms with Gasteiger partial charge >= 0.3 is 0 Å². The number of carbonyl (C=O) groups excluding carboxylic acids is 1. The summed E-state index contributed by atoms with van der Waals surface area (Å²) in [6.45, 7) is 0.0110. The van der Waals surface area contributed by atoms with Crippen molar-refractivity contribution in [3.63, 3.8) is 0 Å². The van der Waals surface area contributed by atoms with Crippen LogP contribution in [0.15, 0.2) is 42.5 Å². The van der Waals surface area contributed by atoms with Crippen LogP contribution in [0.3, 0.4) is 0 Å². The molecule has 0 bridgehead atoms. The monoisotopic (exact) mass is 279 g/mol. The molecule has 5 heteroatoms. The van der Waals surface area contributed by atoms with E-state index in [2.05, 4.69) is 0 Å². The number of carboxylic acid groups (broad SMARTS) is 1. The third-order valence-electron chi connectivity index (χ3n) is 2.51. The van der Waals surface area contributed by atoms with Crippen LogP contribution in [0.1, 0.15) is 15.9 Å². The van der Waals surface area contributed by atoms with Crippen LogP contribution in [0.25, 0.3) is 0 Å². The van der Waals surface area contributed by atoms with Gasteiger partial charge in [0, 0.05) is 5.56 Å². The van der Waals surface area contributed by atoms with Crippen molar-refractivity contribution in [1.82, 2.24) is 0 Å². The van der Waals surface area contributed by atoms with E-state index in [1.807, 2.05) is 0 Å². The van der Waals surface area contributed by atoms with E-state index in [1.54, 1.807) is 18.2 Å². The maximum Gasteiger partial charge on any atom is 0.138 e. The van der Waals surface area contributed by atoms with E-state index in [4.69, 9.17) is 16.3 Å². The van der Waals surface area contributed by atoms with Gasteiger partial charge in [-0.05, 0) is 29.8 Å². The maximum absolute atomic E-state index is 13.4. The average Bonchev–Trinajstić information content (AvgIpc) is 2.39. The number of ether oxygens (including phenoxy) is 1. The number of aromatic carboxylic acids is 1. The van der Waals surface area contributed by atoms with Gasteiger partial charge in [0.2, 0.25) is 0 Å². The number of carboxylic acids is 1. The van der Waals surface area contributed by atoms with Crippen molar-refractivity contribution in [3.05, 3.63) is 64.4 Å². The molecule has 0 spiro atoms. The molecule has 0 aromatic heterocycles. The van der Waals surface area contributed by atoms with E-state index in [0.29, 0.717) is 5.56 Å². The van der Waals surface area contributed by atoms with Gasteiger partial charge in [-0.25, -0.2) is 4.39 Å². The van der Waals surface area contributed by atoms with Crippen molar-refractivity contribution in [2.75, 3.05) is 0 Å². The molecule has 0 aliphatic rings. The first kappa shape index (κ1) is 13.4. The van der Waals surface area contributed by atoms with E-state index in [9.17, 15) is 14.3 Å². The van der Waals surface area contributed by atoms with Gasteiger partial charge in [-0.3, -0.25) is 0 Å². The molecule has 0 saturated carbocycles. The van der Waals surface area contributed by atoms with E-state index < -0.39 is 5.97 Å². The quantitative estimate of drug-likeness (QED) is 0.863. The molecule has 0 aliphatic heterocycles. The molecule has 2 aromatic rings.